The van der Waals surface area contributed by atoms with Gasteiger partial charge >= 0.3 is 0 Å². The maximum Gasteiger partial charge on any atom is 0.0393 e. The smallest absolute Gasteiger partial charge is 0.0393 e. The summed E-state index contributed by atoms with van der Waals surface area (Å²) in [5, 5.41) is 0. The van der Waals surface area contributed by atoms with Crippen molar-refractivity contribution in [3.63, 3.8) is 0 Å². The number of nitrogen functional groups attached to an aromatic ring is 1. The van der Waals surface area contributed by atoms with Gasteiger partial charge in [0, 0.05) is 11.3 Å². The molecule has 0 heterocycles. The summed E-state index contributed by atoms with van der Waals surface area (Å²) < 4.78 is 0. The Morgan fingerprint density at radius 1 is 0.935 bits per heavy atom. The second-order valence-corrected chi connectivity index (χ2v) is 8.98. The number of rotatable bonds is 9. The molecule has 0 unspecified atom stereocenters. The van der Waals surface area contributed by atoms with Crippen LogP contribution in [0.2, 0.25) is 0 Å². The van der Waals surface area contributed by atoms with Crippen molar-refractivity contribution in [1.82, 2.24) is 0 Å². The van der Waals surface area contributed by atoms with E-state index in [4.69, 9.17) is 5.73 Å². The van der Waals surface area contributed by atoms with Crippen molar-refractivity contribution in [1.29, 1.82) is 0 Å². The first kappa shape index (κ1) is 24.5. The Morgan fingerprint density at radius 2 is 1.55 bits per heavy atom. The van der Waals surface area contributed by atoms with Crippen LogP contribution in [0.4, 0.5) is 5.69 Å². The Hall–Kier alpha value is -2.80. The molecule has 1 nitrogen and oxygen atoms in total. The molecule has 2 rings (SSSR count). The molecule has 0 aliphatic rings. The van der Waals surface area contributed by atoms with Gasteiger partial charge in [0.25, 0.3) is 0 Å². The van der Waals surface area contributed by atoms with Gasteiger partial charge in [-0.1, -0.05) is 87.0 Å². The van der Waals surface area contributed by atoms with E-state index in [-0.39, 0.29) is 0 Å². The van der Waals surface area contributed by atoms with Crippen LogP contribution in [0.3, 0.4) is 0 Å². The fraction of sp³-hybridized carbons (Fsp3) is 0.333. The number of nitrogens with two attached hydrogens (primary N) is 1. The third-order valence-corrected chi connectivity index (χ3v) is 5.81. The van der Waals surface area contributed by atoms with E-state index < -0.39 is 0 Å². The molecule has 0 atom stereocenters. The van der Waals surface area contributed by atoms with Gasteiger partial charge in [-0.2, -0.15) is 0 Å². The second-order valence-electron chi connectivity index (χ2n) is 8.98. The molecule has 2 N–H and O–H groups in total. The minimum atomic E-state index is 0.706. The third kappa shape index (κ3) is 6.34. The van der Waals surface area contributed by atoms with Crippen LogP contribution in [0.1, 0.15) is 66.4 Å². The summed E-state index contributed by atoms with van der Waals surface area (Å²) in [5.74, 6) is 0.706. The molecule has 0 bridgehead atoms. The monoisotopic (exact) mass is 413 g/mol. The largest absolute Gasteiger partial charge is 0.398 e. The molecule has 164 valence electrons. The Kier molecular flexibility index (Phi) is 9.12. The van der Waals surface area contributed by atoms with Gasteiger partial charge in [0.15, 0.2) is 0 Å². The molecule has 0 saturated carbocycles. The summed E-state index contributed by atoms with van der Waals surface area (Å²) in [7, 11) is 0. The fourth-order valence-electron chi connectivity index (χ4n) is 4.33. The zero-order chi connectivity index (χ0) is 23.0. The lowest BCUT2D eigenvalue weighted by Gasteiger charge is -2.22. The number of hydrogen-bond donors (Lipinski definition) is 1. The van der Waals surface area contributed by atoms with Crippen LogP contribution < -0.4 is 5.73 Å². The average Bonchev–Trinajstić information content (AvgIpc) is 2.72. The van der Waals surface area contributed by atoms with E-state index in [0.29, 0.717) is 5.92 Å². The van der Waals surface area contributed by atoms with Gasteiger partial charge in [-0.05, 0) is 85.9 Å². The van der Waals surface area contributed by atoms with E-state index in [1.807, 2.05) is 18.2 Å². The van der Waals surface area contributed by atoms with Gasteiger partial charge in [0.05, 0.1) is 0 Å². The number of benzene rings is 2. The standard InChI is InChI=1S/C30H39N/c1-8-14-23(6)30(22(4)5)26(19-13-15-21(2)3)24(7)25-16-9-10-17-27(25)28-18-11-12-20-29(28)31/h8-12,14,16-18,20-21H,1,13,15,19,31H2,2-7H3/b23-14-,26-24-. The predicted octanol–water partition coefficient (Wildman–Crippen LogP) is 9.00. The first-order valence-electron chi connectivity index (χ1n) is 11.4. The average molecular weight is 414 g/mol. The van der Waals surface area contributed by atoms with Crippen molar-refractivity contribution in [2.24, 2.45) is 5.92 Å². The van der Waals surface area contributed by atoms with Crippen molar-refractivity contribution in [3.05, 3.63) is 95.1 Å². The number of hydrogen-bond acceptors (Lipinski definition) is 1. The Morgan fingerprint density at radius 3 is 2.13 bits per heavy atom. The van der Waals surface area contributed by atoms with Crippen LogP contribution in [0.5, 0.6) is 0 Å². The van der Waals surface area contributed by atoms with Crippen LogP contribution in [0, 0.1) is 5.92 Å². The molecule has 2 aromatic rings. The first-order valence-corrected chi connectivity index (χ1v) is 11.4. The molecular weight excluding hydrogens is 374 g/mol. The van der Waals surface area contributed by atoms with Crippen molar-refractivity contribution in [3.8, 4) is 11.1 Å². The van der Waals surface area contributed by atoms with Gasteiger partial charge in [0.1, 0.15) is 0 Å². The van der Waals surface area contributed by atoms with Crippen molar-refractivity contribution >= 4 is 11.3 Å². The summed E-state index contributed by atoms with van der Waals surface area (Å²) in [6.45, 7) is 17.4. The highest BCUT2D eigenvalue weighted by Gasteiger charge is 2.17. The summed E-state index contributed by atoms with van der Waals surface area (Å²) in [6.07, 6.45) is 7.48. The third-order valence-electron chi connectivity index (χ3n) is 5.81. The van der Waals surface area contributed by atoms with Gasteiger partial charge in [-0.15, -0.1) is 0 Å². The van der Waals surface area contributed by atoms with Gasteiger partial charge in [-0.25, -0.2) is 0 Å². The summed E-state index contributed by atoms with van der Waals surface area (Å²) >= 11 is 0. The van der Waals surface area contributed by atoms with E-state index in [0.717, 1.165) is 17.7 Å². The van der Waals surface area contributed by atoms with E-state index >= 15 is 0 Å². The number of allylic oxidation sites excluding steroid dienone is 7. The molecule has 0 saturated heterocycles. The lowest BCUT2D eigenvalue weighted by atomic mass is 9.83. The maximum absolute atomic E-state index is 6.36. The molecule has 0 radical (unpaired) electrons. The Bertz CT molecular complexity index is 995. The molecule has 0 aromatic heterocycles. The lowest BCUT2D eigenvalue weighted by molar-refractivity contribution is 0.556. The van der Waals surface area contributed by atoms with Crippen LogP contribution in [0.15, 0.2) is 89.6 Å². The maximum atomic E-state index is 6.36. The highest BCUT2D eigenvalue weighted by molar-refractivity contribution is 5.88. The zero-order valence-corrected chi connectivity index (χ0v) is 20.3. The van der Waals surface area contributed by atoms with E-state index in [2.05, 4.69) is 90.6 Å². The molecule has 2 aromatic carbocycles. The Balaban J connectivity index is 2.74. The van der Waals surface area contributed by atoms with Crippen molar-refractivity contribution in [2.75, 3.05) is 5.73 Å². The minimum absolute atomic E-state index is 0.706. The molecule has 0 fully saturated rings. The minimum Gasteiger partial charge on any atom is -0.398 e. The van der Waals surface area contributed by atoms with Crippen LogP contribution in [0.25, 0.3) is 16.7 Å². The predicted molar refractivity (Wildman–Crippen MR) is 140 cm³/mol. The molecule has 0 aliphatic heterocycles. The van der Waals surface area contributed by atoms with Crippen molar-refractivity contribution in [2.45, 2.75) is 60.8 Å². The number of para-hydroxylation sites is 1. The van der Waals surface area contributed by atoms with E-state index in [1.165, 1.54) is 51.8 Å². The molecular formula is C30H39N. The van der Waals surface area contributed by atoms with Crippen molar-refractivity contribution < 1.29 is 0 Å². The quantitative estimate of drug-likeness (QED) is 0.322. The van der Waals surface area contributed by atoms with Gasteiger partial charge in [-0.3, -0.25) is 0 Å². The van der Waals surface area contributed by atoms with E-state index in [9.17, 15) is 0 Å². The van der Waals surface area contributed by atoms with Gasteiger partial charge in [0.2, 0.25) is 0 Å². The highest BCUT2D eigenvalue weighted by Crippen LogP contribution is 2.38. The molecule has 1 heteroatoms. The molecule has 0 amide bonds. The topological polar surface area (TPSA) is 26.0 Å². The summed E-state index contributed by atoms with van der Waals surface area (Å²) in [5.41, 5.74) is 17.4. The van der Waals surface area contributed by atoms with Crippen LogP contribution in [-0.2, 0) is 0 Å². The summed E-state index contributed by atoms with van der Waals surface area (Å²) in [4.78, 5) is 0. The zero-order valence-electron chi connectivity index (χ0n) is 20.3. The molecule has 0 spiro atoms. The summed E-state index contributed by atoms with van der Waals surface area (Å²) in [6, 6.07) is 16.8. The lowest BCUT2D eigenvalue weighted by Crippen LogP contribution is -2.02. The van der Waals surface area contributed by atoms with E-state index in [1.54, 1.807) is 0 Å². The fourth-order valence-corrected chi connectivity index (χ4v) is 4.33. The SMILES string of the molecule is C=C/C=C(/C)C(=C(C)C)/C(CCCC(C)C)=C(/C)c1ccccc1-c1ccccc1N. The van der Waals surface area contributed by atoms with Gasteiger partial charge < -0.3 is 5.73 Å². The molecule has 31 heavy (non-hydrogen) atoms. The first-order chi connectivity index (χ1) is 14.8. The Labute approximate surface area is 190 Å². The highest BCUT2D eigenvalue weighted by atomic mass is 14.6. The normalized spacial score (nSPS) is 12.5. The second kappa shape index (κ2) is 11.6. The molecule has 0 aliphatic carbocycles. The number of anilines is 1. The van der Waals surface area contributed by atoms with Crippen LogP contribution in [-0.4, -0.2) is 0 Å². The van der Waals surface area contributed by atoms with Crippen LogP contribution >= 0.6 is 0 Å².